The molecule has 12 heteroatoms. The number of anilines is 1. The van der Waals surface area contributed by atoms with Crippen molar-refractivity contribution in [3.63, 3.8) is 0 Å². The highest BCUT2D eigenvalue weighted by molar-refractivity contribution is 5.83. The van der Waals surface area contributed by atoms with Gasteiger partial charge in [0.25, 0.3) is 0 Å². The molecule has 5 N–H and O–H groups in total. The van der Waals surface area contributed by atoms with Gasteiger partial charge in [-0.25, -0.2) is 19.9 Å². The summed E-state index contributed by atoms with van der Waals surface area (Å²) in [6, 6.07) is 4.32. The van der Waals surface area contributed by atoms with E-state index < -0.39 is 18.4 Å². The number of benzene rings is 1. The average Bonchev–Trinajstić information content (AvgIpc) is 3.59. The molecule has 3 aliphatic rings. The number of aromatic nitrogens is 6. The van der Waals surface area contributed by atoms with Gasteiger partial charge in [0.1, 0.15) is 53.5 Å². The van der Waals surface area contributed by atoms with Crippen molar-refractivity contribution in [1.29, 1.82) is 0 Å². The molecule has 7 rings (SSSR count). The molecule has 0 spiro atoms. The minimum atomic E-state index is -0.852. The van der Waals surface area contributed by atoms with Crippen LogP contribution in [-0.4, -0.2) is 81.7 Å². The van der Waals surface area contributed by atoms with Crippen molar-refractivity contribution in [2.45, 2.75) is 95.6 Å². The first-order valence-corrected chi connectivity index (χ1v) is 14.5. The lowest BCUT2D eigenvalue weighted by Gasteiger charge is -2.49. The number of nitrogen functional groups attached to an aromatic ring is 1. The lowest BCUT2D eigenvalue weighted by atomic mass is 9.76. The van der Waals surface area contributed by atoms with Gasteiger partial charge in [0.05, 0.1) is 11.8 Å². The minimum Gasteiger partial charge on any atom is -0.506 e. The normalized spacial score (nSPS) is 30.6. The van der Waals surface area contributed by atoms with Gasteiger partial charge in [-0.05, 0) is 55.2 Å². The fourth-order valence-corrected chi connectivity index (χ4v) is 6.67. The molecule has 2 aliphatic heterocycles. The molecule has 2 saturated heterocycles. The third-order valence-electron chi connectivity index (χ3n) is 9.14. The van der Waals surface area contributed by atoms with Gasteiger partial charge in [0.2, 0.25) is 0 Å². The second-order valence-corrected chi connectivity index (χ2v) is 12.9. The number of aliphatic hydroxyl groups excluding tert-OH is 1. The number of fused-ring (bicyclic) bond motifs is 3. The van der Waals surface area contributed by atoms with E-state index in [1.54, 1.807) is 10.9 Å². The Kier molecular flexibility index (Phi) is 6.23. The maximum Gasteiger partial charge on any atom is 0.167 e. The highest BCUT2D eigenvalue weighted by Crippen LogP contribution is 2.42. The number of phenols is 1. The standard InChI is InChI=1S/C29H38N8O4/c1-14-36(11-20-25(40-14)24(39)28(41-20)37-13-33-23-26(30)31-12-32-27(23)37)17-7-15(8-17)5-6-21-34-18-9-16(29(2,3)4)10-19(38)22(18)35-21/h9-10,12-15,17,20,24-25,28,38-39H,5-8,11H2,1-4H3,(H,34,35)(H2,30,31,32)/t14?,15-,17-,20-,24-,25-,28-/m1/s1. The summed E-state index contributed by atoms with van der Waals surface area (Å²) in [6.07, 6.45) is 4.70. The zero-order chi connectivity index (χ0) is 28.6. The number of aliphatic hydroxyl groups is 1. The number of imidazole rings is 2. The van der Waals surface area contributed by atoms with Crippen LogP contribution in [-0.2, 0) is 21.3 Å². The number of aromatic hydroxyl groups is 1. The summed E-state index contributed by atoms with van der Waals surface area (Å²) in [5.41, 5.74) is 9.51. The summed E-state index contributed by atoms with van der Waals surface area (Å²) in [5, 5.41) is 21.7. The maximum atomic E-state index is 11.1. The molecule has 41 heavy (non-hydrogen) atoms. The molecule has 218 valence electrons. The third kappa shape index (κ3) is 4.53. The summed E-state index contributed by atoms with van der Waals surface area (Å²) in [4.78, 5) is 23.1. The summed E-state index contributed by atoms with van der Waals surface area (Å²) in [5.74, 6) is 2.07. The Hall–Kier alpha value is -3.32. The smallest absolute Gasteiger partial charge is 0.167 e. The lowest BCUT2D eigenvalue weighted by Crippen LogP contribution is -2.59. The number of hydrogen-bond acceptors (Lipinski definition) is 10. The fraction of sp³-hybridized carbons (Fsp3) is 0.586. The molecule has 0 amide bonds. The number of nitrogens with one attached hydrogen (secondary N) is 1. The third-order valence-corrected chi connectivity index (χ3v) is 9.14. The number of H-pyrrole nitrogens is 1. The molecule has 4 aromatic rings. The lowest BCUT2D eigenvalue weighted by molar-refractivity contribution is -0.199. The van der Waals surface area contributed by atoms with Gasteiger partial charge in [-0.3, -0.25) is 9.47 Å². The SMILES string of the molecule is CC1O[C@H]2[C@@H](O)[C@H](n3cnc4c(N)ncnc43)O[C@@H]2CN1[C@H]1C[C@H](CCc2nc3cc(C(C)(C)C)cc(O)c3[nH]2)C1. The molecule has 5 atom stereocenters. The Morgan fingerprint density at radius 3 is 2.73 bits per heavy atom. The Balaban J connectivity index is 0.967. The van der Waals surface area contributed by atoms with Gasteiger partial charge in [-0.15, -0.1) is 0 Å². The van der Waals surface area contributed by atoms with Crippen LogP contribution < -0.4 is 5.73 Å². The summed E-state index contributed by atoms with van der Waals surface area (Å²) in [6.45, 7) is 9.15. The minimum absolute atomic E-state index is 0.0546. The van der Waals surface area contributed by atoms with Gasteiger partial charge in [0, 0.05) is 19.0 Å². The van der Waals surface area contributed by atoms with Crippen LogP contribution in [0.1, 0.15) is 64.6 Å². The quantitative estimate of drug-likeness (QED) is 0.285. The molecule has 5 heterocycles. The van der Waals surface area contributed by atoms with Crippen molar-refractivity contribution in [3.8, 4) is 5.75 Å². The average molecular weight is 563 g/mol. The zero-order valence-electron chi connectivity index (χ0n) is 23.9. The van der Waals surface area contributed by atoms with E-state index >= 15 is 0 Å². The summed E-state index contributed by atoms with van der Waals surface area (Å²) >= 11 is 0. The van der Waals surface area contributed by atoms with Crippen LogP contribution in [0.5, 0.6) is 5.75 Å². The van der Waals surface area contributed by atoms with Crippen molar-refractivity contribution in [2.24, 2.45) is 5.92 Å². The molecule has 3 fully saturated rings. The predicted molar refractivity (Wildman–Crippen MR) is 152 cm³/mol. The van der Waals surface area contributed by atoms with Crippen molar-refractivity contribution in [1.82, 2.24) is 34.4 Å². The number of ether oxygens (including phenoxy) is 2. The van der Waals surface area contributed by atoms with E-state index in [2.05, 4.69) is 58.6 Å². The van der Waals surface area contributed by atoms with E-state index in [4.69, 9.17) is 20.2 Å². The van der Waals surface area contributed by atoms with E-state index in [1.807, 2.05) is 6.07 Å². The molecule has 0 bridgehead atoms. The van der Waals surface area contributed by atoms with E-state index in [0.717, 1.165) is 42.6 Å². The molecule has 1 aliphatic carbocycles. The van der Waals surface area contributed by atoms with E-state index in [-0.39, 0.29) is 23.5 Å². The van der Waals surface area contributed by atoms with Crippen LogP contribution in [0, 0.1) is 5.92 Å². The Morgan fingerprint density at radius 1 is 1.15 bits per heavy atom. The number of nitrogens with two attached hydrogens (primary N) is 1. The topological polar surface area (TPSA) is 160 Å². The van der Waals surface area contributed by atoms with Gasteiger partial charge in [-0.1, -0.05) is 20.8 Å². The number of phenolic OH excluding ortho intramolecular Hbond substituents is 1. The highest BCUT2D eigenvalue weighted by atomic mass is 16.6. The van der Waals surface area contributed by atoms with E-state index in [1.165, 1.54) is 6.33 Å². The van der Waals surface area contributed by atoms with Gasteiger partial charge < -0.3 is 30.4 Å². The number of hydrogen-bond donors (Lipinski definition) is 4. The maximum absolute atomic E-state index is 11.1. The highest BCUT2D eigenvalue weighted by Gasteiger charge is 2.52. The second kappa shape index (κ2) is 9.62. The molecule has 1 aromatic carbocycles. The molecule has 0 radical (unpaired) electrons. The number of aromatic amines is 1. The Morgan fingerprint density at radius 2 is 1.95 bits per heavy atom. The number of nitrogens with zero attached hydrogens (tertiary/aromatic N) is 6. The van der Waals surface area contributed by atoms with Crippen LogP contribution in [0.4, 0.5) is 5.82 Å². The Labute approximate surface area is 237 Å². The van der Waals surface area contributed by atoms with Crippen molar-refractivity contribution in [2.75, 3.05) is 12.3 Å². The fourth-order valence-electron chi connectivity index (χ4n) is 6.67. The first-order valence-electron chi connectivity index (χ1n) is 14.5. The summed E-state index contributed by atoms with van der Waals surface area (Å²) < 4.78 is 14.4. The largest absolute Gasteiger partial charge is 0.506 e. The monoisotopic (exact) mass is 562 g/mol. The van der Waals surface area contributed by atoms with Crippen molar-refractivity contribution in [3.05, 3.63) is 36.2 Å². The zero-order valence-corrected chi connectivity index (χ0v) is 23.9. The Bertz CT molecular complexity index is 1590. The van der Waals surface area contributed by atoms with E-state index in [0.29, 0.717) is 41.0 Å². The van der Waals surface area contributed by atoms with Crippen molar-refractivity contribution < 1.29 is 19.7 Å². The van der Waals surface area contributed by atoms with Crippen LogP contribution in [0.25, 0.3) is 22.2 Å². The van der Waals surface area contributed by atoms with Crippen LogP contribution >= 0.6 is 0 Å². The predicted octanol–water partition coefficient (Wildman–Crippen LogP) is 3.00. The molecule has 1 saturated carbocycles. The molecule has 1 unspecified atom stereocenters. The second-order valence-electron chi connectivity index (χ2n) is 12.9. The van der Waals surface area contributed by atoms with Crippen LogP contribution in [0.15, 0.2) is 24.8 Å². The first-order chi connectivity index (χ1) is 19.6. The van der Waals surface area contributed by atoms with Crippen LogP contribution in [0.3, 0.4) is 0 Å². The first kappa shape index (κ1) is 26.6. The molecule has 12 nitrogen and oxygen atoms in total. The van der Waals surface area contributed by atoms with Gasteiger partial charge >= 0.3 is 0 Å². The number of rotatable bonds is 5. The van der Waals surface area contributed by atoms with Crippen LogP contribution in [0.2, 0.25) is 0 Å². The summed E-state index contributed by atoms with van der Waals surface area (Å²) in [7, 11) is 0. The van der Waals surface area contributed by atoms with E-state index in [9.17, 15) is 10.2 Å². The molecule has 3 aromatic heterocycles. The molecular weight excluding hydrogens is 524 g/mol. The van der Waals surface area contributed by atoms with Gasteiger partial charge in [0.15, 0.2) is 17.7 Å². The van der Waals surface area contributed by atoms with Gasteiger partial charge in [-0.2, -0.15) is 0 Å². The molecular formula is C29H38N8O4. The number of aryl methyl sites for hydroxylation is 1. The van der Waals surface area contributed by atoms with Crippen molar-refractivity contribution >= 4 is 28.0 Å².